The third-order valence-electron chi connectivity index (χ3n) is 3.32. The van der Waals surface area contributed by atoms with Gasteiger partial charge in [0.1, 0.15) is 5.82 Å². The van der Waals surface area contributed by atoms with Gasteiger partial charge in [0.15, 0.2) is 0 Å². The molecule has 1 amide bonds. The zero-order chi connectivity index (χ0) is 19.5. The number of amides is 1. The van der Waals surface area contributed by atoms with E-state index in [1.54, 1.807) is 0 Å². The fraction of sp³-hybridized carbons (Fsp3) is 0.133. The molecule has 2 aromatic carbocycles. The van der Waals surface area contributed by atoms with Crippen LogP contribution in [0.15, 0.2) is 58.3 Å². The number of nitrogens with zero attached hydrogens (tertiary/aromatic N) is 1. The van der Waals surface area contributed by atoms with E-state index in [0.29, 0.717) is 0 Å². The lowest BCUT2D eigenvalue weighted by Crippen LogP contribution is -2.35. The molecule has 0 heterocycles. The number of primary sulfonamides is 1. The van der Waals surface area contributed by atoms with Crippen molar-refractivity contribution in [3.63, 3.8) is 0 Å². The van der Waals surface area contributed by atoms with Gasteiger partial charge in [0.2, 0.25) is 26.0 Å². The molecule has 0 unspecified atom stereocenters. The summed E-state index contributed by atoms with van der Waals surface area (Å²) in [6.07, 6.45) is 0. The zero-order valence-electron chi connectivity index (χ0n) is 13.6. The molecule has 0 atom stereocenters. The molecule has 2 aromatic rings. The van der Waals surface area contributed by atoms with Gasteiger partial charge in [0.05, 0.1) is 16.3 Å². The van der Waals surface area contributed by atoms with E-state index in [-0.39, 0.29) is 15.5 Å². The van der Waals surface area contributed by atoms with Crippen LogP contribution in [-0.4, -0.2) is 40.6 Å². The Hall–Kier alpha value is -2.34. The molecule has 0 saturated heterocycles. The Balaban J connectivity index is 2.17. The summed E-state index contributed by atoms with van der Waals surface area (Å²) < 4.78 is 61.6. The second-order valence-corrected chi connectivity index (χ2v) is 8.95. The molecule has 3 N–H and O–H groups in total. The molecule has 8 nitrogen and oxygen atoms in total. The van der Waals surface area contributed by atoms with Crippen LogP contribution in [0.4, 0.5) is 10.1 Å². The monoisotopic (exact) mass is 401 g/mol. The van der Waals surface area contributed by atoms with Gasteiger partial charge in [-0.15, -0.1) is 0 Å². The fourth-order valence-electron chi connectivity index (χ4n) is 2.05. The van der Waals surface area contributed by atoms with Crippen LogP contribution < -0.4 is 10.5 Å². The van der Waals surface area contributed by atoms with E-state index in [1.807, 2.05) is 0 Å². The van der Waals surface area contributed by atoms with Gasteiger partial charge in [-0.25, -0.2) is 26.4 Å². The minimum atomic E-state index is -4.14. The predicted octanol–water partition coefficient (Wildman–Crippen LogP) is 0.732. The predicted molar refractivity (Wildman–Crippen MR) is 92.7 cm³/mol. The average molecular weight is 401 g/mol. The summed E-state index contributed by atoms with van der Waals surface area (Å²) in [5.74, 6) is -1.24. The maximum absolute atomic E-state index is 13.1. The first-order valence-corrected chi connectivity index (χ1v) is 10.1. The van der Waals surface area contributed by atoms with Crippen molar-refractivity contribution in [3.05, 3.63) is 54.3 Å². The Morgan fingerprint density at radius 1 is 1.08 bits per heavy atom. The third kappa shape index (κ3) is 4.85. The van der Waals surface area contributed by atoms with Crippen LogP contribution in [0.2, 0.25) is 0 Å². The lowest BCUT2D eigenvalue weighted by Gasteiger charge is -2.17. The molecule has 2 rings (SSSR count). The second-order valence-electron chi connectivity index (χ2n) is 5.34. The highest BCUT2D eigenvalue weighted by Gasteiger charge is 2.24. The van der Waals surface area contributed by atoms with Crippen molar-refractivity contribution in [1.82, 2.24) is 4.31 Å². The lowest BCUT2D eigenvalue weighted by molar-refractivity contribution is -0.116. The van der Waals surface area contributed by atoms with E-state index < -0.39 is 38.3 Å². The van der Waals surface area contributed by atoms with E-state index in [9.17, 15) is 26.0 Å². The zero-order valence-corrected chi connectivity index (χ0v) is 15.2. The Labute approximate surface area is 150 Å². The molecule has 140 valence electrons. The minimum Gasteiger partial charge on any atom is -0.325 e. The van der Waals surface area contributed by atoms with Crippen LogP contribution in [0.1, 0.15) is 0 Å². The van der Waals surface area contributed by atoms with Gasteiger partial charge in [-0.05, 0) is 36.4 Å². The van der Waals surface area contributed by atoms with Crippen LogP contribution in [0, 0.1) is 5.82 Å². The Morgan fingerprint density at radius 3 is 2.31 bits per heavy atom. The Kier molecular flexibility index (Phi) is 5.76. The smallest absolute Gasteiger partial charge is 0.243 e. The quantitative estimate of drug-likeness (QED) is 0.738. The molecule has 0 aliphatic carbocycles. The van der Waals surface area contributed by atoms with Crippen LogP contribution in [-0.2, 0) is 24.8 Å². The number of carbonyl (C=O) groups is 1. The van der Waals surface area contributed by atoms with Gasteiger partial charge in [0, 0.05) is 12.7 Å². The summed E-state index contributed by atoms with van der Waals surface area (Å²) in [7, 11) is -7.06. The molecule has 11 heteroatoms. The number of likely N-dealkylation sites (N-methyl/N-ethyl adjacent to an activating group) is 1. The van der Waals surface area contributed by atoms with Crippen molar-refractivity contribution in [1.29, 1.82) is 0 Å². The number of halogens is 1. The number of anilines is 1. The van der Waals surface area contributed by atoms with Gasteiger partial charge in [-0.3, -0.25) is 4.79 Å². The Bertz CT molecular complexity index is 1040. The van der Waals surface area contributed by atoms with Crippen LogP contribution >= 0.6 is 0 Å². The van der Waals surface area contributed by atoms with Crippen molar-refractivity contribution < 1.29 is 26.0 Å². The number of sulfonamides is 2. The Morgan fingerprint density at radius 2 is 1.69 bits per heavy atom. The van der Waals surface area contributed by atoms with Gasteiger partial charge < -0.3 is 5.32 Å². The molecule has 0 aliphatic rings. The SMILES string of the molecule is CN(CC(=O)Nc1cccc(F)c1)S(=O)(=O)c1cccc(S(N)(=O)=O)c1. The number of nitrogens with one attached hydrogen (secondary N) is 1. The number of nitrogens with two attached hydrogens (primary N) is 1. The summed E-state index contributed by atoms with van der Waals surface area (Å²) in [5.41, 5.74) is 0.178. The fourth-order valence-corrected chi connectivity index (χ4v) is 3.85. The highest BCUT2D eigenvalue weighted by molar-refractivity contribution is 7.90. The number of hydrogen-bond donors (Lipinski definition) is 2. The minimum absolute atomic E-state index is 0.178. The number of carbonyl (C=O) groups excluding carboxylic acids is 1. The van der Waals surface area contributed by atoms with Gasteiger partial charge >= 0.3 is 0 Å². The molecule has 0 fully saturated rings. The molecule has 0 radical (unpaired) electrons. The van der Waals surface area contributed by atoms with E-state index in [4.69, 9.17) is 5.14 Å². The van der Waals surface area contributed by atoms with Gasteiger partial charge in [0.25, 0.3) is 0 Å². The van der Waals surface area contributed by atoms with Crippen molar-refractivity contribution in [2.24, 2.45) is 5.14 Å². The molecule has 0 spiro atoms. The average Bonchev–Trinajstić information content (AvgIpc) is 2.54. The van der Waals surface area contributed by atoms with Crippen LogP contribution in [0.3, 0.4) is 0 Å². The standard InChI is InChI=1S/C15H16FN3O5S2/c1-19(10-15(20)18-12-5-2-4-11(16)8-12)26(23,24)14-7-3-6-13(9-14)25(17,21)22/h2-9H,10H2,1H3,(H,18,20)(H2,17,21,22). The number of rotatable bonds is 6. The van der Waals surface area contributed by atoms with Crippen LogP contribution in [0.25, 0.3) is 0 Å². The second kappa shape index (κ2) is 7.50. The first-order chi connectivity index (χ1) is 12.0. The maximum Gasteiger partial charge on any atom is 0.243 e. The molecule has 0 saturated carbocycles. The molecular weight excluding hydrogens is 385 g/mol. The molecular formula is C15H16FN3O5S2. The lowest BCUT2D eigenvalue weighted by atomic mass is 10.3. The van der Waals surface area contributed by atoms with E-state index in [1.165, 1.54) is 30.3 Å². The number of hydrogen-bond acceptors (Lipinski definition) is 5. The molecule has 0 aliphatic heterocycles. The van der Waals surface area contributed by atoms with Gasteiger partial charge in [-0.1, -0.05) is 12.1 Å². The van der Waals surface area contributed by atoms with Crippen LogP contribution in [0.5, 0.6) is 0 Å². The van der Waals surface area contributed by atoms with Gasteiger partial charge in [-0.2, -0.15) is 4.31 Å². The van der Waals surface area contributed by atoms with E-state index >= 15 is 0 Å². The highest BCUT2D eigenvalue weighted by Crippen LogP contribution is 2.18. The molecule has 0 bridgehead atoms. The summed E-state index contributed by atoms with van der Waals surface area (Å²) in [5, 5.41) is 7.36. The maximum atomic E-state index is 13.1. The highest BCUT2D eigenvalue weighted by atomic mass is 32.2. The van der Waals surface area contributed by atoms with Crippen molar-refractivity contribution in [2.75, 3.05) is 18.9 Å². The third-order valence-corrected chi connectivity index (χ3v) is 6.03. The summed E-state index contributed by atoms with van der Waals surface area (Å²) in [4.78, 5) is 11.3. The number of benzene rings is 2. The largest absolute Gasteiger partial charge is 0.325 e. The van der Waals surface area contributed by atoms with E-state index in [0.717, 1.165) is 29.6 Å². The summed E-state index contributed by atoms with van der Waals surface area (Å²) >= 11 is 0. The topological polar surface area (TPSA) is 127 Å². The van der Waals surface area contributed by atoms with E-state index in [2.05, 4.69) is 5.32 Å². The first kappa shape index (κ1) is 20.0. The van der Waals surface area contributed by atoms with Crippen molar-refractivity contribution in [2.45, 2.75) is 9.79 Å². The van der Waals surface area contributed by atoms with Crippen molar-refractivity contribution >= 4 is 31.6 Å². The normalized spacial score (nSPS) is 12.2. The van der Waals surface area contributed by atoms with Crippen molar-refractivity contribution in [3.8, 4) is 0 Å². The summed E-state index contributed by atoms with van der Waals surface area (Å²) in [6.45, 7) is -0.557. The molecule has 0 aromatic heterocycles. The summed E-state index contributed by atoms with van der Waals surface area (Å²) in [6, 6.07) is 9.61. The molecule has 26 heavy (non-hydrogen) atoms. The first-order valence-electron chi connectivity index (χ1n) is 7.15.